The van der Waals surface area contributed by atoms with Gasteiger partial charge in [0.25, 0.3) is 5.91 Å². The van der Waals surface area contributed by atoms with E-state index >= 15 is 0 Å². The fourth-order valence-corrected chi connectivity index (χ4v) is 2.98. The molecule has 1 aromatic carbocycles. The zero-order valence-electron chi connectivity index (χ0n) is 11.6. The lowest BCUT2D eigenvalue weighted by atomic mass is 10.1. The van der Waals surface area contributed by atoms with Crippen LogP contribution in [0.15, 0.2) is 45.7 Å². The zero-order chi connectivity index (χ0) is 14.7. The van der Waals surface area contributed by atoms with Gasteiger partial charge in [0.05, 0.1) is 11.8 Å². The van der Waals surface area contributed by atoms with E-state index in [1.165, 1.54) is 31.2 Å². The number of piperidine rings is 1. The van der Waals surface area contributed by atoms with Gasteiger partial charge in [0.1, 0.15) is 0 Å². The summed E-state index contributed by atoms with van der Waals surface area (Å²) >= 11 is 3.21. The molecule has 0 atom stereocenters. The van der Waals surface area contributed by atoms with E-state index in [4.69, 9.17) is 4.42 Å². The minimum Gasteiger partial charge on any atom is -0.457 e. The lowest BCUT2D eigenvalue weighted by Gasteiger charge is -2.28. The summed E-state index contributed by atoms with van der Waals surface area (Å²) in [6.45, 7) is 2.24. The Morgan fingerprint density at radius 3 is 2.43 bits per heavy atom. The van der Waals surface area contributed by atoms with E-state index in [-0.39, 0.29) is 5.91 Å². The van der Waals surface area contributed by atoms with Gasteiger partial charge in [0.15, 0.2) is 4.67 Å². The molecule has 1 N–H and O–H groups in total. The van der Waals surface area contributed by atoms with Crippen molar-refractivity contribution in [2.45, 2.75) is 19.3 Å². The minimum atomic E-state index is -0.179. The topological polar surface area (TPSA) is 45.5 Å². The average molecular weight is 349 g/mol. The van der Waals surface area contributed by atoms with Gasteiger partial charge in [-0.05, 0) is 65.5 Å². The van der Waals surface area contributed by atoms with Crippen LogP contribution in [0.25, 0.3) is 0 Å². The molecule has 1 saturated heterocycles. The Kier molecular flexibility index (Phi) is 4.29. The number of nitrogens with one attached hydrogen (secondary N) is 1. The number of amides is 1. The summed E-state index contributed by atoms with van der Waals surface area (Å²) < 4.78 is 5.52. The van der Waals surface area contributed by atoms with Gasteiger partial charge in [0.2, 0.25) is 0 Å². The number of hydrogen-bond acceptors (Lipinski definition) is 3. The van der Waals surface area contributed by atoms with Crippen molar-refractivity contribution in [3.8, 4) is 0 Å². The summed E-state index contributed by atoms with van der Waals surface area (Å²) in [4.78, 5) is 14.5. The Labute approximate surface area is 132 Å². The van der Waals surface area contributed by atoms with Gasteiger partial charge in [-0.15, -0.1) is 0 Å². The molecular formula is C16H17BrN2O2. The smallest absolute Gasteiger partial charge is 0.260 e. The predicted molar refractivity (Wildman–Crippen MR) is 86.9 cm³/mol. The fraction of sp³-hybridized carbons (Fsp3) is 0.312. The van der Waals surface area contributed by atoms with Gasteiger partial charge < -0.3 is 14.6 Å². The molecule has 2 aromatic rings. The Bertz CT molecular complexity index is 615. The van der Waals surface area contributed by atoms with Crippen LogP contribution in [0.3, 0.4) is 0 Å². The maximum atomic E-state index is 12.1. The summed E-state index contributed by atoms with van der Waals surface area (Å²) in [5.74, 6) is -0.179. The lowest BCUT2D eigenvalue weighted by molar-refractivity contribution is 0.102. The van der Waals surface area contributed by atoms with Crippen LogP contribution in [0.2, 0.25) is 0 Å². The highest BCUT2D eigenvalue weighted by molar-refractivity contribution is 9.10. The molecule has 0 unspecified atom stereocenters. The molecule has 1 aliphatic rings. The van der Waals surface area contributed by atoms with E-state index in [0.29, 0.717) is 10.2 Å². The first kappa shape index (κ1) is 14.2. The molecular weight excluding hydrogens is 332 g/mol. The number of halogens is 1. The molecule has 2 heterocycles. The third-order valence-corrected chi connectivity index (χ3v) is 4.32. The van der Waals surface area contributed by atoms with Gasteiger partial charge in [0, 0.05) is 24.5 Å². The Hall–Kier alpha value is -1.75. The molecule has 0 saturated carbocycles. The number of rotatable bonds is 3. The van der Waals surface area contributed by atoms with Crippen molar-refractivity contribution < 1.29 is 9.21 Å². The van der Waals surface area contributed by atoms with Crippen LogP contribution in [0.1, 0.15) is 29.6 Å². The Morgan fingerprint density at radius 2 is 1.81 bits per heavy atom. The summed E-state index contributed by atoms with van der Waals surface area (Å²) in [6.07, 6.45) is 5.32. The van der Waals surface area contributed by atoms with Crippen molar-refractivity contribution >= 4 is 33.2 Å². The predicted octanol–water partition coefficient (Wildman–Crippen LogP) is 4.28. The number of carbonyl (C=O) groups is 1. The van der Waals surface area contributed by atoms with E-state index in [1.54, 1.807) is 6.07 Å². The number of benzene rings is 1. The van der Waals surface area contributed by atoms with Crippen LogP contribution in [-0.2, 0) is 0 Å². The highest BCUT2D eigenvalue weighted by Crippen LogP contribution is 2.23. The lowest BCUT2D eigenvalue weighted by Crippen LogP contribution is -2.29. The molecule has 4 nitrogen and oxygen atoms in total. The first-order valence-corrected chi connectivity index (χ1v) is 7.93. The monoisotopic (exact) mass is 348 g/mol. The Balaban J connectivity index is 1.67. The number of anilines is 2. The normalized spacial score (nSPS) is 15.0. The van der Waals surface area contributed by atoms with Gasteiger partial charge in [-0.25, -0.2) is 0 Å². The molecule has 0 bridgehead atoms. The maximum Gasteiger partial charge on any atom is 0.260 e. The molecule has 110 valence electrons. The number of nitrogens with zero attached hydrogens (tertiary/aromatic N) is 1. The second kappa shape index (κ2) is 6.35. The van der Waals surface area contributed by atoms with Crippen LogP contribution in [0.4, 0.5) is 11.4 Å². The van der Waals surface area contributed by atoms with Crippen LogP contribution in [0, 0.1) is 0 Å². The molecule has 5 heteroatoms. The summed E-state index contributed by atoms with van der Waals surface area (Å²) in [5.41, 5.74) is 2.50. The SMILES string of the molecule is O=C(Nc1ccc(N2CCCCC2)cc1)c1ccoc1Br. The van der Waals surface area contributed by atoms with E-state index < -0.39 is 0 Å². The van der Waals surface area contributed by atoms with Crippen LogP contribution >= 0.6 is 15.9 Å². The highest BCUT2D eigenvalue weighted by Gasteiger charge is 2.14. The Morgan fingerprint density at radius 1 is 1.10 bits per heavy atom. The molecule has 1 aromatic heterocycles. The van der Waals surface area contributed by atoms with Crippen molar-refractivity contribution in [3.05, 3.63) is 46.8 Å². The number of hydrogen-bond donors (Lipinski definition) is 1. The van der Waals surface area contributed by atoms with Gasteiger partial charge >= 0.3 is 0 Å². The second-order valence-electron chi connectivity index (χ2n) is 5.16. The molecule has 1 amide bonds. The van der Waals surface area contributed by atoms with Gasteiger partial charge in [-0.3, -0.25) is 4.79 Å². The van der Waals surface area contributed by atoms with E-state index in [2.05, 4.69) is 38.3 Å². The quantitative estimate of drug-likeness (QED) is 0.899. The van der Waals surface area contributed by atoms with E-state index in [1.807, 2.05) is 12.1 Å². The average Bonchev–Trinajstić information content (AvgIpc) is 2.95. The van der Waals surface area contributed by atoms with E-state index in [9.17, 15) is 4.79 Å². The third-order valence-electron chi connectivity index (χ3n) is 3.71. The molecule has 1 aliphatic heterocycles. The molecule has 3 rings (SSSR count). The fourth-order valence-electron chi connectivity index (χ4n) is 2.56. The van der Waals surface area contributed by atoms with Crippen LogP contribution < -0.4 is 10.2 Å². The first-order chi connectivity index (χ1) is 10.2. The molecule has 0 radical (unpaired) electrons. The molecule has 0 spiro atoms. The molecule has 21 heavy (non-hydrogen) atoms. The van der Waals surface area contributed by atoms with Gasteiger partial charge in [-0.2, -0.15) is 0 Å². The first-order valence-electron chi connectivity index (χ1n) is 7.13. The number of furan rings is 1. The van der Waals surface area contributed by atoms with Crippen molar-refractivity contribution in [2.24, 2.45) is 0 Å². The minimum absolute atomic E-state index is 0.179. The van der Waals surface area contributed by atoms with Crippen molar-refractivity contribution in [1.82, 2.24) is 0 Å². The van der Waals surface area contributed by atoms with Crippen molar-refractivity contribution in [2.75, 3.05) is 23.3 Å². The van der Waals surface area contributed by atoms with Crippen molar-refractivity contribution in [1.29, 1.82) is 0 Å². The highest BCUT2D eigenvalue weighted by atomic mass is 79.9. The zero-order valence-corrected chi connectivity index (χ0v) is 13.2. The van der Waals surface area contributed by atoms with E-state index in [0.717, 1.165) is 18.8 Å². The molecule has 0 aliphatic carbocycles. The van der Waals surface area contributed by atoms with Gasteiger partial charge in [-0.1, -0.05) is 0 Å². The van der Waals surface area contributed by atoms with Crippen LogP contribution in [-0.4, -0.2) is 19.0 Å². The summed E-state index contributed by atoms with van der Waals surface area (Å²) in [7, 11) is 0. The summed E-state index contributed by atoms with van der Waals surface area (Å²) in [6, 6.07) is 9.64. The third kappa shape index (κ3) is 3.29. The van der Waals surface area contributed by atoms with Crippen molar-refractivity contribution in [3.63, 3.8) is 0 Å². The standard InChI is InChI=1S/C16H17BrN2O2/c17-15-14(8-11-21-15)16(20)18-12-4-6-13(7-5-12)19-9-2-1-3-10-19/h4-8,11H,1-3,9-10H2,(H,18,20). The maximum absolute atomic E-state index is 12.1. The van der Waals surface area contributed by atoms with Crippen LogP contribution in [0.5, 0.6) is 0 Å². The molecule has 1 fully saturated rings. The largest absolute Gasteiger partial charge is 0.457 e. The summed E-state index contributed by atoms with van der Waals surface area (Å²) in [5, 5.41) is 2.87. The second-order valence-corrected chi connectivity index (χ2v) is 5.88. The number of carbonyl (C=O) groups excluding carboxylic acids is 1.